The van der Waals surface area contributed by atoms with Gasteiger partial charge in [0.2, 0.25) is 5.91 Å². The van der Waals surface area contributed by atoms with Crippen LogP contribution in [0.3, 0.4) is 0 Å². The second kappa shape index (κ2) is 8.86. The molecule has 0 aliphatic heterocycles. The fourth-order valence-corrected chi connectivity index (χ4v) is 5.51. The largest absolute Gasteiger partial charge is 0.369 e. The number of nitrogens with two attached hydrogens (primary N) is 1. The van der Waals surface area contributed by atoms with Gasteiger partial charge in [0.05, 0.1) is 17.2 Å². The lowest BCUT2D eigenvalue weighted by Gasteiger charge is -2.14. The molecule has 158 valence electrons. The summed E-state index contributed by atoms with van der Waals surface area (Å²) in [6.45, 7) is 4.04. The fourth-order valence-electron chi connectivity index (χ4n) is 3.38. The SMILES string of the molecule is Cc1sc2nc(SC(C)C(N)=O)n(Cc3ccccc3)c(=O)c2c1-c1cccc(Cl)c1. The molecule has 0 bridgehead atoms. The van der Waals surface area contributed by atoms with Crippen LogP contribution in [0.25, 0.3) is 21.3 Å². The number of hydrogen-bond donors (Lipinski definition) is 1. The van der Waals surface area contributed by atoms with Crippen LogP contribution in [0.5, 0.6) is 0 Å². The predicted molar refractivity (Wildman–Crippen MR) is 129 cm³/mol. The number of rotatable bonds is 6. The Kier molecular flexibility index (Phi) is 6.18. The highest BCUT2D eigenvalue weighted by Crippen LogP contribution is 2.37. The van der Waals surface area contributed by atoms with Crippen molar-refractivity contribution in [2.45, 2.75) is 30.8 Å². The summed E-state index contributed by atoms with van der Waals surface area (Å²) in [5.41, 5.74) is 8.02. The first-order valence-electron chi connectivity index (χ1n) is 9.65. The molecule has 1 amide bonds. The normalized spacial score (nSPS) is 12.2. The molecular formula is C23H20ClN3O2S2. The molecule has 0 spiro atoms. The van der Waals surface area contributed by atoms with Crippen LogP contribution in [0.1, 0.15) is 17.4 Å². The molecule has 2 N–H and O–H groups in total. The lowest BCUT2D eigenvalue weighted by Crippen LogP contribution is -2.27. The first-order valence-corrected chi connectivity index (χ1v) is 11.7. The third kappa shape index (κ3) is 4.39. The van der Waals surface area contributed by atoms with E-state index in [1.165, 1.54) is 23.1 Å². The number of carbonyl (C=O) groups excluding carboxylic acids is 1. The number of aryl methyl sites for hydroxylation is 1. The number of halogens is 1. The van der Waals surface area contributed by atoms with Crippen LogP contribution >= 0.6 is 34.7 Å². The van der Waals surface area contributed by atoms with Crippen molar-refractivity contribution in [2.75, 3.05) is 0 Å². The summed E-state index contributed by atoms with van der Waals surface area (Å²) in [7, 11) is 0. The van der Waals surface area contributed by atoms with Crippen LogP contribution < -0.4 is 11.3 Å². The van der Waals surface area contributed by atoms with Gasteiger partial charge in [-0.05, 0) is 37.1 Å². The number of hydrogen-bond acceptors (Lipinski definition) is 5. The average Bonchev–Trinajstić information content (AvgIpc) is 3.07. The van der Waals surface area contributed by atoms with Crippen LogP contribution in [0.15, 0.2) is 64.5 Å². The van der Waals surface area contributed by atoms with Crippen LogP contribution in [-0.2, 0) is 11.3 Å². The van der Waals surface area contributed by atoms with E-state index in [2.05, 4.69) is 0 Å². The third-order valence-corrected chi connectivity index (χ3v) is 7.27. The number of aromatic nitrogens is 2. The van der Waals surface area contributed by atoms with Gasteiger partial charge >= 0.3 is 0 Å². The average molecular weight is 470 g/mol. The number of thioether (sulfide) groups is 1. The highest BCUT2D eigenvalue weighted by Gasteiger charge is 2.22. The molecule has 4 aromatic rings. The molecule has 31 heavy (non-hydrogen) atoms. The van der Waals surface area contributed by atoms with Crippen molar-refractivity contribution in [2.24, 2.45) is 5.73 Å². The van der Waals surface area contributed by atoms with Crippen molar-refractivity contribution in [3.05, 3.63) is 80.4 Å². The standard InChI is InChI=1S/C23H20ClN3O2S2/c1-13-18(16-9-6-10-17(24)11-16)19-21(30-13)26-23(31-14(2)20(25)28)27(22(19)29)12-15-7-4-3-5-8-15/h3-11,14H,12H2,1-2H3,(H2,25,28). The van der Waals surface area contributed by atoms with Crippen LogP contribution in [0.2, 0.25) is 5.02 Å². The van der Waals surface area contributed by atoms with Crippen molar-refractivity contribution in [3.63, 3.8) is 0 Å². The Balaban J connectivity index is 1.96. The summed E-state index contributed by atoms with van der Waals surface area (Å²) in [6.07, 6.45) is 0. The van der Waals surface area contributed by atoms with E-state index >= 15 is 0 Å². The van der Waals surface area contributed by atoms with E-state index in [1.807, 2.05) is 55.5 Å². The van der Waals surface area contributed by atoms with Crippen molar-refractivity contribution >= 4 is 50.8 Å². The van der Waals surface area contributed by atoms with Crippen molar-refractivity contribution in [1.82, 2.24) is 9.55 Å². The number of nitrogens with zero attached hydrogens (tertiary/aromatic N) is 2. The Labute approximate surface area is 192 Å². The van der Waals surface area contributed by atoms with Crippen LogP contribution in [0.4, 0.5) is 0 Å². The lowest BCUT2D eigenvalue weighted by molar-refractivity contribution is -0.117. The van der Waals surface area contributed by atoms with E-state index in [0.717, 1.165) is 21.6 Å². The third-order valence-electron chi connectivity index (χ3n) is 4.93. The molecule has 0 saturated carbocycles. The van der Waals surface area contributed by atoms with Crippen LogP contribution in [0, 0.1) is 6.92 Å². The van der Waals surface area contributed by atoms with Gasteiger partial charge in [0.15, 0.2) is 5.16 Å². The Morgan fingerprint density at radius 2 is 1.97 bits per heavy atom. The maximum atomic E-state index is 13.8. The number of primary amides is 1. The van der Waals surface area contributed by atoms with Gasteiger partial charge in [-0.25, -0.2) is 4.98 Å². The minimum atomic E-state index is -0.514. The molecular weight excluding hydrogens is 450 g/mol. The number of benzene rings is 2. The van der Waals surface area contributed by atoms with E-state index in [1.54, 1.807) is 17.6 Å². The van der Waals surface area contributed by atoms with Crippen LogP contribution in [-0.4, -0.2) is 20.7 Å². The summed E-state index contributed by atoms with van der Waals surface area (Å²) < 4.78 is 1.63. The molecule has 0 aliphatic rings. The van der Waals surface area contributed by atoms with Crippen molar-refractivity contribution in [3.8, 4) is 11.1 Å². The highest BCUT2D eigenvalue weighted by molar-refractivity contribution is 8.00. The molecule has 2 heterocycles. The first kappa shape index (κ1) is 21.6. The fraction of sp³-hybridized carbons (Fsp3) is 0.174. The molecule has 8 heteroatoms. The van der Waals surface area contributed by atoms with Gasteiger partial charge in [0.1, 0.15) is 4.83 Å². The predicted octanol–water partition coefficient (Wildman–Crippen LogP) is 5.10. The number of amides is 1. The van der Waals surface area contributed by atoms with Gasteiger partial charge < -0.3 is 5.73 Å². The minimum absolute atomic E-state index is 0.146. The second-order valence-electron chi connectivity index (χ2n) is 7.16. The molecule has 2 aromatic carbocycles. The van der Waals surface area contributed by atoms with E-state index in [0.29, 0.717) is 26.9 Å². The topological polar surface area (TPSA) is 78.0 Å². The van der Waals surface area contributed by atoms with E-state index in [9.17, 15) is 9.59 Å². The van der Waals surface area contributed by atoms with Crippen molar-refractivity contribution in [1.29, 1.82) is 0 Å². The number of thiophene rings is 1. The summed E-state index contributed by atoms with van der Waals surface area (Å²) in [4.78, 5) is 31.8. The molecule has 5 nitrogen and oxygen atoms in total. The molecule has 0 aliphatic carbocycles. The maximum absolute atomic E-state index is 13.8. The smallest absolute Gasteiger partial charge is 0.263 e. The van der Waals surface area contributed by atoms with E-state index < -0.39 is 11.2 Å². The zero-order valence-electron chi connectivity index (χ0n) is 17.0. The zero-order valence-corrected chi connectivity index (χ0v) is 19.4. The van der Waals surface area contributed by atoms with Gasteiger partial charge in [-0.15, -0.1) is 11.3 Å². The van der Waals surface area contributed by atoms with E-state index in [4.69, 9.17) is 22.3 Å². The highest BCUT2D eigenvalue weighted by atomic mass is 35.5. The monoisotopic (exact) mass is 469 g/mol. The van der Waals surface area contributed by atoms with Gasteiger partial charge in [-0.2, -0.15) is 0 Å². The Bertz CT molecular complexity index is 1330. The lowest BCUT2D eigenvalue weighted by atomic mass is 10.0. The number of carbonyl (C=O) groups is 1. The van der Waals surface area contributed by atoms with Gasteiger partial charge in [0.25, 0.3) is 5.56 Å². The number of fused-ring (bicyclic) bond motifs is 1. The summed E-state index contributed by atoms with van der Waals surface area (Å²) in [5, 5.41) is 1.14. The van der Waals surface area contributed by atoms with Crippen molar-refractivity contribution < 1.29 is 4.79 Å². The second-order valence-corrected chi connectivity index (χ2v) is 10.1. The Hall–Kier alpha value is -2.61. The first-order chi connectivity index (χ1) is 14.8. The molecule has 0 fully saturated rings. The van der Waals surface area contributed by atoms with E-state index in [-0.39, 0.29) is 5.56 Å². The Morgan fingerprint density at radius 1 is 1.23 bits per heavy atom. The Morgan fingerprint density at radius 3 is 2.65 bits per heavy atom. The summed E-state index contributed by atoms with van der Waals surface area (Å²) in [6, 6.07) is 17.2. The summed E-state index contributed by atoms with van der Waals surface area (Å²) in [5.74, 6) is -0.451. The molecule has 1 atom stereocenters. The molecule has 2 aromatic heterocycles. The molecule has 1 unspecified atom stereocenters. The summed E-state index contributed by atoms with van der Waals surface area (Å²) >= 11 is 8.88. The van der Waals surface area contributed by atoms with Gasteiger partial charge in [-0.3, -0.25) is 14.2 Å². The maximum Gasteiger partial charge on any atom is 0.263 e. The van der Waals surface area contributed by atoms with Gasteiger partial charge in [-0.1, -0.05) is 65.8 Å². The van der Waals surface area contributed by atoms with Gasteiger partial charge in [0, 0.05) is 15.5 Å². The molecule has 0 radical (unpaired) electrons. The molecule has 4 rings (SSSR count). The zero-order chi connectivity index (χ0) is 22.1. The minimum Gasteiger partial charge on any atom is -0.369 e. The molecule has 0 saturated heterocycles. The quantitative estimate of drug-likeness (QED) is 0.314.